The molecule has 4 heteroatoms. The first-order valence-electron chi connectivity index (χ1n) is 4.26. The van der Waals surface area contributed by atoms with Crippen LogP contribution in [0.15, 0.2) is 18.2 Å². The van der Waals surface area contributed by atoms with Crippen molar-refractivity contribution < 1.29 is 9.90 Å². The first-order chi connectivity index (χ1) is 6.56. The van der Waals surface area contributed by atoms with Crippen LogP contribution >= 0.6 is 11.6 Å². The average molecular weight is 214 g/mol. The fraction of sp³-hybridized carbons (Fsp3) is 0.300. The summed E-state index contributed by atoms with van der Waals surface area (Å²) in [5.74, 6) is -0.932. The molecule has 0 amide bonds. The standard InChI is InChI=1S/C10H12ClNO2/c1-6(12-2)9-5-7(11)3-4-8(9)10(13)14/h3-6,12H,1-2H3,(H,13,14). The lowest BCUT2D eigenvalue weighted by atomic mass is 10.0. The molecule has 2 N–H and O–H groups in total. The van der Waals surface area contributed by atoms with E-state index in [-0.39, 0.29) is 11.6 Å². The van der Waals surface area contributed by atoms with E-state index in [4.69, 9.17) is 16.7 Å². The lowest BCUT2D eigenvalue weighted by Crippen LogP contribution is -2.16. The normalized spacial score (nSPS) is 12.5. The van der Waals surface area contributed by atoms with Gasteiger partial charge in [-0.2, -0.15) is 0 Å². The Morgan fingerprint density at radius 2 is 2.21 bits per heavy atom. The van der Waals surface area contributed by atoms with E-state index in [9.17, 15) is 4.79 Å². The number of halogens is 1. The van der Waals surface area contributed by atoms with Crippen LogP contribution in [0.5, 0.6) is 0 Å². The number of benzene rings is 1. The van der Waals surface area contributed by atoms with Crippen molar-refractivity contribution in [3.05, 3.63) is 34.3 Å². The maximum absolute atomic E-state index is 10.9. The SMILES string of the molecule is CNC(C)c1cc(Cl)ccc1C(=O)O. The Morgan fingerprint density at radius 1 is 1.57 bits per heavy atom. The zero-order valence-corrected chi connectivity index (χ0v) is 8.80. The highest BCUT2D eigenvalue weighted by Gasteiger charge is 2.14. The van der Waals surface area contributed by atoms with Crippen LogP contribution < -0.4 is 5.32 Å². The van der Waals surface area contributed by atoms with Crippen molar-refractivity contribution in [1.82, 2.24) is 5.32 Å². The van der Waals surface area contributed by atoms with Gasteiger partial charge in [-0.1, -0.05) is 11.6 Å². The predicted octanol–water partition coefficient (Wildman–Crippen LogP) is 2.32. The molecule has 0 saturated heterocycles. The van der Waals surface area contributed by atoms with Crippen LogP contribution in [0, 0.1) is 0 Å². The third-order valence-corrected chi connectivity index (χ3v) is 2.38. The van der Waals surface area contributed by atoms with Crippen molar-refractivity contribution in [2.24, 2.45) is 0 Å². The highest BCUT2D eigenvalue weighted by molar-refractivity contribution is 6.30. The van der Waals surface area contributed by atoms with Crippen molar-refractivity contribution in [2.45, 2.75) is 13.0 Å². The number of aromatic carboxylic acids is 1. The summed E-state index contributed by atoms with van der Waals surface area (Å²) in [7, 11) is 1.78. The summed E-state index contributed by atoms with van der Waals surface area (Å²) >= 11 is 5.80. The van der Waals surface area contributed by atoms with Gasteiger partial charge in [0.15, 0.2) is 0 Å². The molecule has 0 aromatic heterocycles. The van der Waals surface area contributed by atoms with E-state index in [1.54, 1.807) is 19.2 Å². The van der Waals surface area contributed by atoms with Gasteiger partial charge in [-0.05, 0) is 37.7 Å². The Morgan fingerprint density at radius 3 is 2.71 bits per heavy atom. The molecule has 0 aliphatic rings. The summed E-state index contributed by atoms with van der Waals surface area (Å²) < 4.78 is 0. The topological polar surface area (TPSA) is 49.3 Å². The largest absolute Gasteiger partial charge is 0.478 e. The molecule has 1 aromatic carbocycles. The number of hydrogen-bond acceptors (Lipinski definition) is 2. The Labute approximate surface area is 87.7 Å². The van der Waals surface area contributed by atoms with Gasteiger partial charge < -0.3 is 10.4 Å². The minimum atomic E-state index is -0.932. The molecule has 0 bridgehead atoms. The fourth-order valence-electron chi connectivity index (χ4n) is 1.24. The third-order valence-electron chi connectivity index (χ3n) is 2.14. The van der Waals surface area contributed by atoms with Crippen LogP contribution in [-0.4, -0.2) is 18.1 Å². The maximum atomic E-state index is 10.9. The molecule has 1 rings (SSSR count). The molecular weight excluding hydrogens is 202 g/mol. The number of carbonyl (C=O) groups is 1. The number of nitrogens with one attached hydrogen (secondary N) is 1. The Bertz CT molecular complexity index is 352. The van der Waals surface area contributed by atoms with E-state index < -0.39 is 5.97 Å². The highest BCUT2D eigenvalue weighted by atomic mass is 35.5. The molecule has 0 fully saturated rings. The Balaban J connectivity index is 3.22. The van der Waals surface area contributed by atoms with Gasteiger partial charge in [0.25, 0.3) is 0 Å². The van der Waals surface area contributed by atoms with Crippen molar-refractivity contribution in [3.8, 4) is 0 Å². The van der Waals surface area contributed by atoms with Crippen LogP contribution in [0.25, 0.3) is 0 Å². The van der Waals surface area contributed by atoms with Crippen LogP contribution in [0.4, 0.5) is 0 Å². The number of rotatable bonds is 3. The zero-order chi connectivity index (χ0) is 10.7. The van der Waals surface area contributed by atoms with Gasteiger partial charge in [0.1, 0.15) is 0 Å². The van der Waals surface area contributed by atoms with Gasteiger partial charge in [0, 0.05) is 11.1 Å². The lowest BCUT2D eigenvalue weighted by molar-refractivity contribution is 0.0695. The average Bonchev–Trinajstić information content (AvgIpc) is 2.16. The van der Waals surface area contributed by atoms with Gasteiger partial charge in [-0.25, -0.2) is 4.79 Å². The van der Waals surface area contributed by atoms with Gasteiger partial charge in [-0.15, -0.1) is 0 Å². The van der Waals surface area contributed by atoms with Gasteiger partial charge in [0.05, 0.1) is 5.56 Å². The predicted molar refractivity (Wildman–Crippen MR) is 55.9 cm³/mol. The fourth-order valence-corrected chi connectivity index (χ4v) is 1.42. The summed E-state index contributed by atoms with van der Waals surface area (Å²) in [6.07, 6.45) is 0. The third kappa shape index (κ3) is 2.25. The quantitative estimate of drug-likeness (QED) is 0.810. The molecular formula is C10H12ClNO2. The van der Waals surface area contributed by atoms with E-state index >= 15 is 0 Å². The Kier molecular flexibility index (Phi) is 3.49. The summed E-state index contributed by atoms with van der Waals surface area (Å²) in [5, 5.41) is 12.5. The highest BCUT2D eigenvalue weighted by Crippen LogP contribution is 2.22. The smallest absolute Gasteiger partial charge is 0.336 e. The van der Waals surface area contributed by atoms with E-state index in [0.717, 1.165) is 0 Å². The molecule has 0 radical (unpaired) electrons. The second-order valence-electron chi connectivity index (χ2n) is 3.05. The lowest BCUT2D eigenvalue weighted by Gasteiger charge is -2.13. The minimum absolute atomic E-state index is 0.0280. The van der Waals surface area contributed by atoms with E-state index in [0.29, 0.717) is 10.6 Å². The molecule has 76 valence electrons. The van der Waals surface area contributed by atoms with Crippen LogP contribution in [0.3, 0.4) is 0 Å². The molecule has 0 spiro atoms. The number of carboxylic acid groups (broad SMARTS) is 1. The van der Waals surface area contributed by atoms with Crippen molar-refractivity contribution in [2.75, 3.05) is 7.05 Å². The second-order valence-corrected chi connectivity index (χ2v) is 3.48. The molecule has 0 aliphatic carbocycles. The number of hydrogen-bond donors (Lipinski definition) is 2. The second kappa shape index (κ2) is 4.44. The monoisotopic (exact) mass is 213 g/mol. The summed E-state index contributed by atoms with van der Waals surface area (Å²) in [6, 6.07) is 4.75. The molecule has 3 nitrogen and oxygen atoms in total. The molecule has 0 saturated carbocycles. The van der Waals surface area contributed by atoms with Crippen LogP contribution in [0.2, 0.25) is 5.02 Å². The molecule has 1 unspecified atom stereocenters. The van der Waals surface area contributed by atoms with Crippen molar-refractivity contribution in [1.29, 1.82) is 0 Å². The van der Waals surface area contributed by atoms with E-state index in [1.807, 2.05) is 6.92 Å². The van der Waals surface area contributed by atoms with Gasteiger partial charge in [-0.3, -0.25) is 0 Å². The summed E-state index contributed by atoms with van der Waals surface area (Å²) in [4.78, 5) is 10.9. The first kappa shape index (κ1) is 11.0. The summed E-state index contributed by atoms with van der Waals surface area (Å²) in [6.45, 7) is 1.89. The first-order valence-corrected chi connectivity index (χ1v) is 4.64. The molecule has 0 heterocycles. The molecule has 14 heavy (non-hydrogen) atoms. The maximum Gasteiger partial charge on any atom is 0.336 e. The Hall–Kier alpha value is -1.06. The van der Waals surface area contributed by atoms with Crippen molar-refractivity contribution >= 4 is 17.6 Å². The van der Waals surface area contributed by atoms with Crippen molar-refractivity contribution in [3.63, 3.8) is 0 Å². The van der Waals surface area contributed by atoms with Gasteiger partial charge >= 0.3 is 5.97 Å². The van der Waals surface area contributed by atoms with Crippen LogP contribution in [-0.2, 0) is 0 Å². The number of carboxylic acids is 1. The summed E-state index contributed by atoms with van der Waals surface area (Å²) in [5.41, 5.74) is 0.990. The minimum Gasteiger partial charge on any atom is -0.478 e. The van der Waals surface area contributed by atoms with E-state index in [2.05, 4.69) is 5.32 Å². The van der Waals surface area contributed by atoms with Gasteiger partial charge in [0.2, 0.25) is 0 Å². The molecule has 1 atom stereocenters. The van der Waals surface area contributed by atoms with E-state index in [1.165, 1.54) is 6.07 Å². The zero-order valence-electron chi connectivity index (χ0n) is 8.04. The molecule has 0 aliphatic heterocycles. The molecule has 1 aromatic rings. The van der Waals surface area contributed by atoms with Crippen LogP contribution in [0.1, 0.15) is 28.9 Å².